The Balaban J connectivity index is 2.27. The van der Waals surface area contributed by atoms with E-state index in [1.54, 1.807) is 18.3 Å². The molecule has 0 aliphatic carbocycles. The van der Waals surface area contributed by atoms with Crippen molar-refractivity contribution in [3.8, 4) is 0 Å². The maximum Gasteiger partial charge on any atom is 0.137 e. The lowest BCUT2D eigenvalue weighted by atomic mass is 10.2. The minimum Gasteiger partial charge on any atom is -0.330 e. The minimum absolute atomic E-state index is 0.221. The summed E-state index contributed by atoms with van der Waals surface area (Å²) >= 11 is 1.34. The first-order valence-corrected chi connectivity index (χ1v) is 6.19. The average molecular weight is 248 g/mol. The van der Waals surface area contributed by atoms with Crippen LogP contribution in [0, 0.1) is 5.82 Å². The standard InChI is InChI=1S/C13H13FN2S/c14-11-5-1-2-6-12(11)17-13-10(7-8-15)4-3-9-16-13/h1-6,9H,7-8,15H2. The number of aromatic nitrogens is 1. The lowest BCUT2D eigenvalue weighted by Crippen LogP contribution is -2.04. The van der Waals surface area contributed by atoms with Crippen molar-refractivity contribution in [2.24, 2.45) is 5.73 Å². The molecule has 1 aromatic carbocycles. The Morgan fingerprint density at radius 1 is 1.18 bits per heavy atom. The van der Waals surface area contributed by atoms with Crippen molar-refractivity contribution in [2.45, 2.75) is 16.3 Å². The normalized spacial score (nSPS) is 10.5. The van der Waals surface area contributed by atoms with Gasteiger partial charge in [-0.2, -0.15) is 0 Å². The lowest BCUT2D eigenvalue weighted by Gasteiger charge is -2.07. The molecule has 2 nitrogen and oxygen atoms in total. The van der Waals surface area contributed by atoms with Crippen LogP contribution < -0.4 is 5.73 Å². The molecule has 0 aliphatic rings. The summed E-state index contributed by atoms with van der Waals surface area (Å²) in [5.74, 6) is -0.221. The second-order valence-electron chi connectivity index (χ2n) is 3.54. The molecule has 1 heterocycles. The number of nitrogens with two attached hydrogens (primary N) is 1. The first-order chi connectivity index (χ1) is 8.31. The van der Waals surface area contributed by atoms with Crippen LogP contribution in [0.2, 0.25) is 0 Å². The number of nitrogens with zero attached hydrogens (tertiary/aromatic N) is 1. The summed E-state index contributed by atoms with van der Waals surface area (Å²) in [6, 6.07) is 10.5. The highest BCUT2D eigenvalue weighted by Gasteiger charge is 2.07. The smallest absolute Gasteiger partial charge is 0.137 e. The molecule has 0 saturated carbocycles. The quantitative estimate of drug-likeness (QED) is 0.904. The van der Waals surface area contributed by atoms with Gasteiger partial charge in [-0.1, -0.05) is 30.0 Å². The summed E-state index contributed by atoms with van der Waals surface area (Å²) in [5, 5.41) is 0.822. The van der Waals surface area contributed by atoms with Crippen LogP contribution >= 0.6 is 11.8 Å². The fourth-order valence-electron chi connectivity index (χ4n) is 1.49. The van der Waals surface area contributed by atoms with Crippen LogP contribution in [0.3, 0.4) is 0 Å². The first kappa shape index (κ1) is 12.1. The average Bonchev–Trinajstić information content (AvgIpc) is 2.35. The maximum absolute atomic E-state index is 13.5. The molecule has 0 saturated heterocycles. The Bertz CT molecular complexity index is 502. The summed E-state index contributed by atoms with van der Waals surface area (Å²) in [6.45, 7) is 0.566. The van der Waals surface area contributed by atoms with E-state index in [-0.39, 0.29) is 5.82 Å². The van der Waals surface area contributed by atoms with E-state index in [4.69, 9.17) is 5.73 Å². The molecule has 0 unspecified atom stereocenters. The lowest BCUT2D eigenvalue weighted by molar-refractivity contribution is 0.602. The van der Waals surface area contributed by atoms with Crippen molar-refractivity contribution < 1.29 is 4.39 Å². The van der Waals surface area contributed by atoms with Crippen LogP contribution in [-0.4, -0.2) is 11.5 Å². The van der Waals surface area contributed by atoms with Gasteiger partial charge in [0.2, 0.25) is 0 Å². The van der Waals surface area contributed by atoms with E-state index < -0.39 is 0 Å². The van der Waals surface area contributed by atoms with Crippen molar-refractivity contribution in [1.29, 1.82) is 0 Å². The van der Waals surface area contributed by atoms with Gasteiger partial charge in [-0.05, 0) is 36.7 Å². The molecule has 0 fully saturated rings. The molecule has 0 atom stereocenters. The Labute approximate surface area is 104 Å². The molecule has 0 radical (unpaired) electrons. The van der Waals surface area contributed by atoms with Crippen LogP contribution in [0.5, 0.6) is 0 Å². The Morgan fingerprint density at radius 3 is 2.76 bits per heavy atom. The third-order valence-corrected chi connectivity index (χ3v) is 3.42. The molecule has 2 aromatic rings. The summed E-state index contributed by atoms with van der Waals surface area (Å²) in [7, 11) is 0. The molecule has 88 valence electrons. The molecule has 2 rings (SSSR count). The van der Waals surface area contributed by atoms with Gasteiger partial charge in [0.05, 0.1) is 0 Å². The fourth-order valence-corrected chi connectivity index (χ4v) is 2.43. The maximum atomic E-state index is 13.5. The molecule has 0 amide bonds. The van der Waals surface area contributed by atoms with E-state index in [2.05, 4.69) is 4.98 Å². The predicted octanol–water partition coefficient (Wildman–Crippen LogP) is 2.87. The largest absolute Gasteiger partial charge is 0.330 e. The number of hydrogen-bond donors (Lipinski definition) is 1. The number of hydrogen-bond acceptors (Lipinski definition) is 3. The zero-order valence-electron chi connectivity index (χ0n) is 9.27. The highest BCUT2D eigenvalue weighted by Crippen LogP contribution is 2.30. The van der Waals surface area contributed by atoms with Gasteiger partial charge >= 0.3 is 0 Å². The molecule has 17 heavy (non-hydrogen) atoms. The Hall–Kier alpha value is -1.39. The van der Waals surface area contributed by atoms with Crippen LogP contribution in [0.4, 0.5) is 4.39 Å². The van der Waals surface area contributed by atoms with Crippen LogP contribution in [0.1, 0.15) is 5.56 Å². The fraction of sp³-hybridized carbons (Fsp3) is 0.154. The van der Waals surface area contributed by atoms with Gasteiger partial charge in [-0.15, -0.1) is 0 Å². The van der Waals surface area contributed by atoms with Gasteiger partial charge in [-0.25, -0.2) is 9.37 Å². The molecule has 0 bridgehead atoms. The summed E-state index contributed by atoms with van der Waals surface area (Å²) < 4.78 is 13.5. The summed E-state index contributed by atoms with van der Waals surface area (Å²) in [6.07, 6.45) is 2.47. The van der Waals surface area contributed by atoms with Gasteiger partial charge in [0.25, 0.3) is 0 Å². The van der Waals surface area contributed by atoms with Gasteiger partial charge in [0, 0.05) is 11.1 Å². The van der Waals surface area contributed by atoms with Crippen molar-refractivity contribution in [3.05, 3.63) is 54.0 Å². The topological polar surface area (TPSA) is 38.9 Å². The van der Waals surface area contributed by atoms with Crippen LogP contribution in [0.25, 0.3) is 0 Å². The van der Waals surface area contributed by atoms with Crippen molar-refractivity contribution >= 4 is 11.8 Å². The first-order valence-electron chi connectivity index (χ1n) is 5.37. The van der Waals surface area contributed by atoms with Gasteiger partial charge in [-0.3, -0.25) is 0 Å². The number of rotatable bonds is 4. The van der Waals surface area contributed by atoms with Crippen molar-refractivity contribution in [1.82, 2.24) is 4.98 Å². The summed E-state index contributed by atoms with van der Waals surface area (Å²) in [5.41, 5.74) is 6.60. The van der Waals surface area contributed by atoms with Crippen molar-refractivity contribution in [2.75, 3.05) is 6.54 Å². The molecule has 2 N–H and O–H groups in total. The van der Waals surface area contributed by atoms with E-state index in [0.717, 1.165) is 17.0 Å². The predicted molar refractivity (Wildman–Crippen MR) is 67.5 cm³/mol. The third kappa shape index (κ3) is 3.05. The van der Waals surface area contributed by atoms with Crippen LogP contribution in [0.15, 0.2) is 52.5 Å². The van der Waals surface area contributed by atoms with Crippen molar-refractivity contribution in [3.63, 3.8) is 0 Å². The Kier molecular flexibility index (Phi) is 4.12. The monoisotopic (exact) mass is 248 g/mol. The molecule has 0 aliphatic heterocycles. The second-order valence-corrected chi connectivity index (χ2v) is 4.57. The Morgan fingerprint density at radius 2 is 2.00 bits per heavy atom. The SMILES string of the molecule is NCCc1cccnc1Sc1ccccc1F. The highest BCUT2D eigenvalue weighted by molar-refractivity contribution is 7.99. The van der Waals surface area contributed by atoms with E-state index in [9.17, 15) is 4.39 Å². The third-order valence-electron chi connectivity index (χ3n) is 2.31. The number of benzene rings is 1. The highest BCUT2D eigenvalue weighted by atomic mass is 32.2. The van der Waals surface area contributed by atoms with Gasteiger partial charge in [0.1, 0.15) is 10.8 Å². The zero-order valence-corrected chi connectivity index (χ0v) is 10.1. The van der Waals surface area contributed by atoms with E-state index in [0.29, 0.717) is 11.4 Å². The minimum atomic E-state index is -0.221. The molecule has 1 aromatic heterocycles. The molecule has 0 spiro atoms. The second kappa shape index (κ2) is 5.80. The summed E-state index contributed by atoms with van der Waals surface area (Å²) in [4.78, 5) is 4.86. The number of halogens is 1. The van der Waals surface area contributed by atoms with Gasteiger partial charge < -0.3 is 5.73 Å². The van der Waals surface area contributed by atoms with Crippen LogP contribution in [-0.2, 0) is 6.42 Å². The van der Waals surface area contributed by atoms with Gasteiger partial charge in [0.15, 0.2) is 0 Å². The van der Waals surface area contributed by atoms with E-state index in [1.807, 2.05) is 18.2 Å². The zero-order chi connectivity index (χ0) is 12.1. The molecule has 4 heteroatoms. The van der Waals surface area contributed by atoms with E-state index >= 15 is 0 Å². The van der Waals surface area contributed by atoms with E-state index in [1.165, 1.54) is 17.8 Å². The molecular formula is C13H13FN2S. The molecular weight excluding hydrogens is 235 g/mol. The number of pyridine rings is 1.